The second kappa shape index (κ2) is 10.8. The smallest absolute Gasteiger partial charge is 0.243 e. The highest BCUT2D eigenvalue weighted by Crippen LogP contribution is 2.24. The summed E-state index contributed by atoms with van der Waals surface area (Å²) in [4.78, 5) is 39.5. The van der Waals surface area contributed by atoms with Crippen LogP contribution in [0.3, 0.4) is 0 Å². The number of carbonyl (C=O) groups excluding carboxylic acids is 3. The van der Waals surface area contributed by atoms with Gasteiger partial charge in [-0.05, 0) is 35.5 Å². The first-order valence-corrected chi connectivity index (χ1v) is 11.2. The molecule has 8 nitrogen and oxygen atoms in total. The van der Waals surface area contributed by atoms with E-state index in [1.165, 1.54) is 0 Å². The Hall–Kier alpha value is -3.98. The lowest BCUT2D eigenvalue weighted by molar-refractivity contribution is -0.129. The highest BCUT2D eigenvalue weighted by molar-refractivity contribution is 7.80. The highest BCUT2D eigenvalue weighted by atomic mass is 32.1. The molecule has 1 aromatic heterocycles. The van der Waals surface area contributed by atoms with Gasteiger partial charge in [-0.2, -0.15) is 0 Å². The lowest BCUT2D eigenvalue weighted by Crippen LogP contribution is -2.51. The summed E-state index contributed by atoms with van der Waals surface area (Å²) in [5, 5.41) is 2.61. The van der Waals surface area contributed by atoms with Crippen LogP contribution in [0.1, 0.15) is 29.2 Å². The standard InChI is InChI=1S/C25H24N4O4S/c30-21-14-19(15-29(21)16-20-12-7-13-33-20)23(31)27-28-25(34)26-24(32)22(17-8-3-1-4-9-17)18-10-5-2-6-11-18/h1-13,19,22H,14-16H2,(H,27,31)(H2,26,28,32,34). The van der Waals surface area contributed by atoms with Gasteiger partial charge in [-0.1, -0.05) is 60.7 Å². The average Bonchev–Trinajstić information content (AvgIpc) is 3.49. The van der Waals surface area contributed by atoms with Gasteiger partial charge >= 0.3 is 0 Å². The van der Waals surface area contributed by atoms with Gasteiger partial charge in [0.25, 0.3) is 0 Å². The van der Waals surface area contributed by atoms with Crippen LogP contribution < -0.4 is 16.2 Å². The normalized spacial score (nSPS) is 15.3. The molecule has 3 amide bonds. The first-order valence-electron chi connectivity index (χ1n) is 10.8. The van der Waals surface area contributed by atoms with Crippen LogP contribution in [0.2, 0.25) is 0 Å². The van der Waals surface area contributed by atoms with Crippen molar-refractivity contribution in [2.24, 2.45) is 5.92 Å². The van der Waals surface area contributed by atoms with E-state index in [1.807, 2.05) is 60.7 Å². The van der Waals surface area contributed by atoms with Crippen LogP contribution in [0.15, 0.2) is 83.5 Å². The van der Waals surface area contributed by atoms with Gasteiger partial charge in [0.1, 0.15) is 5.76 Å². The van der Waals surface area contributed by atoms with Crippen LogP contribution in [0, 0.1) is 5.92 Å². The second-order valence-corrected chi connectivity index (χ2v) is 8.35. The summed E-state index contributed by atoms with van der Waals surface area (Å²) in [5.41, 5.74) is 6.71. The summed E-state index contributed by atoms with van der Waals surface area (Å²) in [7, 11) is 0. The molecule has 1 unspecified atom stereocenters. The molecule has 1 fully saturated rings. The number of nitrogens with zero attached hydrogens (tertiary/aromatic N) is 1. The van der Waals surface area contributed by atoms with Gasteiger partial charge in [0.15, 0.2) is 5.11 Å². The highest BCUT2D eigenvalue weighted by Gasteiger charge is 2.34. The molecule has 1 aliphatic heterocycles. The minimum Gasteiger partial charge on any atom is -0.467 e. The van der Waals surface area contributed by atoms with Crippen molar-refractivity contribution >= 4 is 35.1 Å². The summed E-state index contributed by atoms with van der Waals surface area (Å²) in [6, 6.07) is 22.3. The number of hydrogen-bond donors (Lipinski definition) is 3. The van der Waals surface area contributed by atoms with Crippen molar-refractivity contribution in [3.05, 3.63) is 95.9 Å². The molecule has 0 saturated carbocycles. The van der Waals surface area contributed by atoms with Crippen LogP contribution in [-0.4, -0.2) is 34.3 Å². The number of furan rings is 1. The predicted octanol–water partition coefficient (Wildman–Crippen LogP) is 2.48. The minimum atomic E-state index is -0.569. The molecular formula is C25H24N4O4S. The van der Waals surface area contributed by atoms with Crippen molar-refractivity contribution in [3.63, 3.8) is 0 Å². The molecule has 0 radical (unpaired) electrons. The number of likely N-dealkylation sites (tertiary alicyclic amines) is 1. The molecule has 4 rings (SSSR count). The first kappa shape index (κ1) is 23.2. The van der Waals surface area contributed by atoms with Crippen LogP contribution in [0.25, 0.3) is 0 Å². The summed E-state index contributed by atoms with van der Waals surface area (Å²) < 4.78 is 5.27. The Labute approximate surface area is 202 Å². The molecule has 1 atom stereocenters. The quantitative estimate of drug-likeness (QED) is 0.373. The van der Waals surface area contributed by atoms with E-state index in [9.17, 15) is 14.4 Å². The predicted molar refractivity (Wildman–Crippen MR) is 129 cm³/mol. The van der Waals surface area contributed by atoms with Crippen molar-refractivity contribution in [1.82, 2.24) is 21.1 Å². The van der Waals surface area contributed by atoms with E-state index < -0.39 is 11.8 Å². The zero-order valence-electron chi connectivity index (χ0n) is 18.3. The third kappa shape index (κ3) is 5.68. The molecule has 174 valence electrons. The van der Waals surface area contributed by atoms with Crippen molar-refractivity contribution in [2.75, 3.05) is 6.54 Å². The van der Waals surface area contributed by atoms with E-state index in [4.69, 9.17) is 16.6 Å². The van der Waals surface area contributed by atoms with E-state index in [-0.39, 0.29) is 35.8 Å². The number of hydrogen-bond acceptors (Lipinski definition) is 5. The maximum atomic E-state index is 13.1. The van der Waals surface area contributed by atoms with E-state index in [0.717, 1.165) is 11.1 Å². The number of carbonyl (C=O) groups is 3. The fourth-order valence-electron chi connectivity index (χ4n) is 3.91. The first-order chi connectivity index (χ1) is 16.5. The molecule has 34 heavy (non-hydrogen) atoms. The summed E-state index contributed by atoms with van der Waals surface area (Å²) in [6.45, 7) is 0.591. The molecule has 3 aromatic rings. The monoisotopic (exact) mass is 476 g/mol. The van der Waals surface area contributed by atoms with Gasteiger partial charge in [0.05, 0.1) is 24.6 Å². The van der Waals surface area contributed by atoms with Gasteiger partial charge in [0.2, 0.25) is 17.7 Å². The zero-order chi connectivity index (χ0) is 23.9. The number of amides is 3. The van der Waals surface area contributed by atoms with E-state index in [1.54, 1.807) is 23.3 Å². The summed E-state index contributed by atoms with van der Waals surface area (Å²) in [5.74, 6) is -1.28. The number of rotatable bonds is 6. The molecule has 3 N–H and O–H groups in total. The Morgan fingerprint density at radius 3 is 2.21 bits per heavy atom. The zero-order valence-corrected chi connectivity index (χ0v) is 19.1. The van der Waals surface area contributed by atoms with E-state index in [0.29, 0.717) is 12.3 Å². The molecule has 0 aliphatic carbocycles. The van der Waals surface area contributed by atoms with Gasteiger partial charge in [-0.3, -0.25) is 25.2 Å². The Balaban J connectivity index is 1.32. The van der Waals surface area contributed by atoms with Crippen molar-refractivity contribution in [2.45, 2.75) is 18.9 Å². The third-order valence-corrected chi connectivity index (χ3v) is 5.78. The number of thiocarbonyl (C=S) groups is 1. The van der Waals surface area contributed by atoms with Crippen LogP contribution in [0.4, 0.5) is 0 Å². The van der Waals surface area contributed by atoms with Gasteiger partial charge in [-0.25, -0.2) is 0 Å². The van der Waals surface area contributed by atoms with Crippen molar-refractivity contribution in [1.29, 1.82) is 0 Å². The molecule has 0 bridgehead atoms. The molecular weight excluding hydrogens is 452 g/mol. The van der Waals surface area contributed by atoms with Crippen molar-refractivity contribution in [3.8, 4) is 0 Å². The number of hydrazine groups is 1. The lowest BCUT2D eigenvalue weighted by atomic mass is 9.90. The van der Waals surface area contributed by atoms with Crippen LogP contribution in [-0.2, 0) is 20.9 Å². The molecule has 1 saturated heterocycles. The maximum absolute atomic E-state index is 13.1. The molecule has 9 heteroatoms. The van der Waals surface area contributed by atoms with Crippen LogP contribution in [0.5, 0.6) is 0 Å². The molecule has 2 heterocycles. The Morgan fingerprint density at radius 1 is 0.971 bits per heavy atom. The molecule has 1 aliphatic rings. The maximum Gasteiger partial charge on any atom is 0.243 e. The fraction of sp³-hybridized carbons (Fsp3) is 0.200. The van der Waals surface area contributed by atoms with Gasteiger partial charge < -0.3 is 14.6 Å². The van der Waals surface area contributed by atoms with E-state index in [2.05, 4.69) is 16.2 Å². The Morgan fingerprint density at radius 2 is 1.62 bits per heavy atom. The second-order valence-electron chi connectivity index (χ2n) is 7.94. The minimum absolute atomic E-state index is 0.0352. The van der Waals surface area contributed by atoms with Crippen molar-refractivity contribution < 1.29 is 18.8 Å². The van der Waals surface area contributed by atoms with Gasteiger partial charge in [-0.15, -0.1) is 0 Å². The topological polar surface area (TPSA) is 104 Å². The fourth-order valence-corrected chi connectivity index (χ4v) is 4.06. The van der Waals surface area contributed by atoms with Crippen LogP contribution >= 0.6 is 12.2 Å². The average molecular weight is 477 g/mol. The van der Waals surface area contributed by atoms with E-state index >= 15 is 0 Å². The largest absolute Gasteiger partial charge is 0.467 e. The molecule has 2 aromatic carbocycles. The number of benzene rings is 2. The summed E-state index contributed by atoms with van der Waals surface area (Å²) >= 11 is 5.22. The summed E-state index contributed by atoms with van der Waals surface area (Å²) in [6.07, 6.45) is 1.64. The molecule has 0 spiro atoms. The SMILES string of the molecule is O=C(NNC(=S)NC(=O)C(c1ccccc1)c1ccccc1)C1CC(=O)N(Cc2ccco2)C1. The Kier molecular flexibility index (Phi) is 7.34. The third-order valence-electron chi connectivity index (χ3n) is 5.58. The lowest BCUT2D eigenvalue weighted by Gasteiger charge is -2.19. The Bertz CT molecular complexity index is 1110. The number of nitrogens with one attached hydrogen (secondary N) is 3. The van der Waals surface area contributed by atoms with Gasteiger partial charge in [0, 0.05) is 13.0 Å².